The zero-order valence-corrected chi connectivity index (χ0v) is 57.7. The van der Waals surface area contributed by atoms with Crippen LogP contribution in [0.3, 0.4) is 0 Å². The van der Waals surface area contributed by atoms with E-state index in [1.54, 1.807) is 0 Å². The Morgan fingerprint density at radius 1 is 0.286 bits per heavy atom. The molecule has 0 aromatic carbocycles. The molecule has 6 nitrogen and oxygen atoms in total. The first kappa shape index (κ1) is 82.9. The van der Waals surface area contributed by atoms with E-state index in [0.29, 0.717) is 25.9 Å². The second-order valence-corrected chi connectivity index (χ2v) is 27.4. The highest BCUT2D eigenvalue weighted by atomic mass is 16.5. The summed E-state index contributed by atoms with van der Waals surface area (Å²) in [7, 11) is 0. The molecule has 3 N–H and O–H groups in total. The maximum absolute atomic E-state index is 12.6. The van der Waals surface area contributed by atoms with Gasteiger partial charge in [-0.05, 0) is 25.7 Å². The molecule has 6 heteroatoms. The first-order valence-corrected chi connectivity index (χ1v) is 39.3. The number of carbonyl (C=O) groups is 2. The molecule has 0 saturated heterocycles. The molecule has 0 heterocycles. The molecule has 0 aromatic rings. The molecule has 0 fully saturated rings. The Morgan fingerprint density at radius 2 is 0.488 bits per heavy atom. The van der Waals surface area contributed by atoms with Crippen LogP contribution in [0.25, 0.3) is 0 Å². The van der Waals surface area contributed by atoms with Crippen LogP contribution < -0.4 is 5.32 Å². The van der Waals surface area contributed by atoms with Crippen molar-refractivity contribution in [1.82, 2.24) is 5.32 Å². The van der Waals surface area contributed by atoms with Crippen LogP contribution in [0.1, 0.15) is 463 Å². The van der Waals surface area contributed by atoms with Gasteiger partial charge in [-0.1, -0.05) is 425 Å². The quantitative estimate of drug-likeness (QED) is 0.0417. The molecule has 0 radical (unpaired) electrons. The molecule has 84 heavy (non-hydrogen) atoms. The molecule has 0 aliphatic carbocycles. The van der Waals surface area contributed by atoms with Gasteiger partial charge in [-0.15, -0.1) is 0 Å². The lowest BCUT2D eigenvalue weighted by atomic mass is 10.0. The number of nitrogens with one attached hydrogen (secondary N) is 1. The van der Waals surface area contributed by atoms with Crippen LogP contribution in [-0.2, 0) is 14.3 Å². The average Bonchev–Trinajstić information content (AvgIpc) is 3.51. The molecular formula is C78H155NO5. The van der Waals surface area contributed by atoms with Crippen molar-refractivity contribution >= 4 is 11.9 Å². The van der Waals surface area contributed by atoms with E-state index in [4.69, 9.17) is 4.74 Å². The lowest BCUT2D eigenvalue weighted by Gasteiger charge is -2.22. The molecule has 0 aromatic heterocycles. The maximum Gasteiger partial charge on any atom is 0.305 e. The summed E-state index contributed by atoms with van der Waals surface area (Å²) in [5, 5.41) is 23.5. The smallest absolute Gasteiger partial charge is 0.305 e. The highest BCUT2D eigenvalue weighted by molar-refractivity contribution is 5.76. The molecular weight excluding hydrogens is 1030 g/mol. The number of rotatable bonds is 75. The number of hydrogen-bond donors (Lipinski definition) is 3. The lowest BCUT2D eigenvalue weighted by molar-refractivity contribution is -0.143. The Morgan fingerprint density at radius 3 is 0.726 bits per heavy atom. The highest BCUT2D eigenvalue weighted by Gasteiger charge is 2.20. The fourth-order valence-electron chi connectivity index (χ4n) is 12.9. The van der Waals surface area contributed by atoms with Gasteiger partial charge in [-0.3, -0.25) is 9.59 Å². The molecule has 0 aliphatic rings. The first-order valence-electron chi connectivity index (χ1n) is 39.3. The Hall–Kier alpha value is -1.14. The largest absolute Gasteiger partial charge is 0.466 e. The Balaban J connectivity index is 3.33. The van der Waals surface area contributed by atoms with E-state index in [-0.39, 0.29) is 18.5 Å². The molecule has 0 aliphatic heterocycles. The third kappa shape index (κ3) is 70.0. The topological polar surface area (TPSA) is 95.9 Å². The summed E-state index contributed by atoms with van der Waals surface area (Å²) in [4.78, 5) is 24.7. The van der Waals surface area contributed by atoms with Crippen molar-refractivity contribution < 1.29 is 24.5 Å². The minimum Gasteiger partial charge on any atom is -0.466 e. The summed E-state index contributed by atoms with van der Waals surface area (Å²) in [6.45, 7) is 5.02. The predicted molar refractivity (Wildman–Crippen MR) is 371 cm³/mol. The summed E-state index contributed by atoms with van der Waals surface area (Å²) >= 11 is 0. The number of ether oxygens (including phenoxy) is 1. The maximum atomic E-state index is 12.6. The minimum absolute atomic E-state index is 0.0240. The summed E-state index contributed by atoms with van der Waals surface area (Å²) in [6, 6.07) is -0.539. The summed E-state index contributed by atoms with van der Waals surface area (Å²) < 4.78 is 5.51. The molecule has 1 amide bonds. The monoisotopic (exact) mass is 1190 g/mol. The van der Waals surface area contributed by atoms with E-state index in [1.165, 1.54) is 392 Å². The zero-order chi connectivity index (χ0) is 60.6. The van der Waals surface area contributed by atoms with Gasteiger partial charge >= 0.3 is 5.97 Å². The van der Waals surface area contributed by atoms with Crippen molar-refractivity contribution in [3.63, 3.8) is 0 Å². The number of unbranched alkanes of at least 4 members (excludes halogenated alkanes) is 64. The van der Waals surface area contributed by atoms with Crippen LogP contribution in [0.15, 0.2) is 0 Å². The van der Waals surface area contributed by atoms with Crippen molar-refractivity contribution in [1.29, 1.82) is 0 Å². The van der Waals surface area contributed by atoms with Gasteiger partial charge in [-0.2, -0.15) is 0 Å². The highest BCUT2D eigenvalue weighted by Crippen LogP contribution is 2.21. The number of esters is 1. The van der Waals surface area contributed by atoms with Crippen LogP contribution >= 0.6 is 0 Å². The van der Waals surface area contributed by atoms with E-state index in [2.05, 4.69) is 19.2 Å². The van der Waals surface area contributed by atoms with Crippen molar-refractivity contribution in [2.45, 2.75) is 475 Å². The van der Waals surface area contributed by atoms with Gasteiger partial charge in [0, 0.05) is 12.8 Å². The van der Waals surface area contributed by atoms with Crippen LogP contribution in [0.5, 0.6) is 0 Å². The van der Waals surface area contributed by atoms with Crippen LogP contribution in [0, 0.1) is 0 Å². The molecule has 2 atom stereocenters. The van der Waals surface area contributed by atoms with Gasteiger partial charge in [-0.25, -0.2) is 0 Å². The van der Waals surface area contributed by atoms with Gasteiger partial charge < -0.3 is 20.3 Å². The molecule has 2 unspecified atom stereocenters. The van der Waals surface area contributed by atoms with E-state index in [0.717, 1.165) is 38.5 Å². The fraction of sp³-hybridized carbons (Fsp3) is 0.974. The Bertz CT molecular complexity index is 1230. The van der Waals surface area contributed by atoms with Crippen molar-refractivity contribution in [2.75, 3.05) is 13.2 Å². The fourth-order valence-corrected chi connectivity index (χ4v) is 12.9. The third-order valence-corrected chi connectivity index (χ3v) is 18.9. The SMILES string of the molecule is CCCCCCCCCCCCCCCCCCCCCCCCCC(O)C(CO)NC(=O)CCCCCCCCCCCCCCCCCCCCCCCCCCCCCCOC(=O)CCCCCCCCCCCCCCCCCC. The van der Waals surface area contributed by atoms with E-state index in [9.17, 15) is 19.8 Å². The van der Waals surface area contributed by atoms with Crippen molar-refractivity contribution in [3.05, 3.63) is 0 Å². The van der Waals surface area contributed by atoms with E-state index < -0.39 is 12.1 Å². The minimum atomic E-state index is -0.662. The molecule has 0 saturated carbocycles. The van der Waals surface area contributed by atoms with Crippen molar-refractivity contribution in [3.8, 4) is 0 Å². The third-order valence-electron chi connectivity index (χ3n) is 18.9. The Kier molecular flexibility index (Phi) is 73.3. The Labute approximate surface area is 527 Å². The van der Waals surface area contributed by atoms with E-state index in [1.807, 2.05) is 0 Å². The second-order valence-electron chi connectivity index (χ2n) is 27.4. The van der Waals surface area contributed by atoms with Crippen LogP contribution in [0.2, 0.25) is 0 Å². The number of hydrogen-bond acceptors (Lipinski definition) is 5. The van der Waals surface area contributed by atoms with E-state index >= 15 is 0 Å². The molecule has 0 bridgehead atoms. The van der Waals surface area contributed by atoms with Gasteiger partial charge in [0.1, 0.15) is 0 Å². The van der Waals surface area contributed by atoms with Crippen LogP contribution in [-0.4, -0.2) is 47.4 Å². The molecule has 502 valence electrons. The lowest BCUT2D eigenvalue weighted by Crippen LogP contribution is -2.45. The number of aliphatic hydroxyl groups is 2. The van der Waals surface area contributed by atoms with Gasteiger partial charge in [0.15, 0.2) is 0 Å². The van der Waals surface area contributed by atoms with Gasteiger partial charge in [0.25, 0.3) is 0 Å². The normalized spacial score (nSPS) is 12.4. The predicted octanol–water partition coefficient (Wildman–Crippen LogP) is 25.7. The average molecular weight is 1190 g/mol. The van der Waals surface area contributed by atoms with Gasteiger partial charge in [0.05, 0.1) is 25.4 Å². The van der Waals surface area contributed by atoms with Gasteiger partial charge in [0.2, 0.25) is 5.91 Å². The standard InChI is InChI=1S/C78H155NO5/c1-3-5-7-9-11-13-15-17-19-21-22-23-30-33-36-39-42-46-50-54-58-62-66-70-76(81)75(74-80)79-77(82)71-67-63-59-55-51-47-43-40-37-34-31-28-26-24-25-27-29-32-35-38-41-45-49-53-57-61-65-69-73-84-78(83)72-68-64-60-56-52-48-44-20-18-16-14-12-10-8-6-4-2/h75-76,80-81H,3-74H2,1-2H3,(H,79,82). The zero-order valence-electron chi connectivity index (χ0n) is 57.7. The summed E-state index contributed by atoms with van der Waals surface area (Å²) in [6.07, 6.45) is 91.9. The summed E-state index contributed by atoms with van der Waals surface area (Å²) in [5.74, 6) is -0.00143. The van der Waals surface area contributed by atoms with Crippen LogP contribution in [0.4, 0.5) is 0 Å². The summed E-state index contributed by atoms with van der Waals surface area (Å²) in [5.41, 5.74) is 0. The second kappa shape index (κ2) is 74.3. The number of carbonyl (C=O) groups excluding carboxylic acids is 2. The first-order chi connectivity index (χ1) is 41.5. The molecule has 0 rings (SSSR count). The van der Waals surface area contributed by atoms with Crippen molar-refractivity contribution in [2.24, 2.45) is 0 Å². The number of amides is 1. The molecule has 0 spiro atoms. The number of aliphatic hydroxyl groups excluding tert-OH is 2.